The summed E-state index contributed by atoms with van der Waals surface area (Å²) >= 11 is 0. The van der Waals surface area contributed by atoms with Crippen LogP contribution in [0.2, 0.25) is 0 Å². The third kappa shape index (κ3) is 2.45. The van der Waals surface area contributed by atoms with E-state index in [-0.39, 0.29) is 18.1 Å². The normalized spacial score (nSPS) is 13.9. The molecule has 0 radical (unpaired) electrons. The highest BCUT2D eigenvalue weighted by Crippen LogP contribution is 2.18. The molecule has 0 bridgehead atoms. The number of rotatable bonds is 3. The number of amides is 1. The van der Waals surface area contributed by atoms with Crippen molar-refractivity contribution < 1.29 is 9.59 Å². The van der Waals surface area contributed by atoms with E-state index in [0.717, 1.165) is 6.42 Å². The molecule has 0 N–H and O–H groups in total. The molecule has 1 aromatic heterocycles. The molecule has 0 aliphatic carbocycles. The van der Waals surface area contributed by atoms with Crippen LogP contribution in [-0.4, -0.2) is 38.6 Å². The molecule has 2 aromatic rings. The number of carbonyl (C=O) groups excluding carboxylic acids is 2. The first kappa shape index (κ1) is 12.5. The summed E-state index contributed by atoms with van der Waals surface area (Å²) in [7, 11) is 0. The van der Waals surface area contributed by atoms with E-state index in [0.29, 0.717) is 19.4 Å². The van der Waals surface area contributed by atoms with Crippen molar-refractivity contribution in [2.45, 2.75) is 19.5 Å². The number of aldehydes is 1. The molecule has 0 saturated carbocycles. The molecule has 0 saturated heterocycles. The van der Waals surface area contributed by atoms with Gasteiger partial charge in [-0.25, -0.2) is 4.68 Å². The van der Waals surface area contributed by atoms with E-state index in [4.69, 9.17) is 0 Å². The molecule has 102 valence electrons. The van der Waals surface area contributed by atoms with Crippen molar-refractivity contribution in [3.05, 3.63) is 47.3 Å². The first-order valence-corrected chi connectivity index (χ1v) is 6.46. The van der Waals surface area contributed by atoms with Crippen LogP contribution in [0.5, 0.6) is 0 Å². The molecule has 0 spiro atoms. The second kappa shape index (κ2) is 5.24. The van der Waals surface area contributed by atoms with Crippen molar-refractivity contribution in [2.24, 2.45) is 0 Å². The minimum absolute atomic E-state index is 0.0122. The molecular weight excluding hydrogens is 256 g/mol. The van der Waals surface area contributed by atoms with Crippen LogP contribution in [0.25, 0.3) is 0 Å². The summed E-state index contributed by atoms with van der Waals surface area (Å²) in [6.45, 7) is 1.46. The van der Waals surface area contributed by atoms with Crippen LogP contribution in [0.4, 0.5) is 0 Å². The van der Waals surface area contributed by atoms with Gasteiger partial charge in [0.2, 0.25) is 5.91 Å². The average Bonchev–Trinajstić information content (AvgIpc) is 2.94. The van der Waals surface area contributed by atoms with Crippen LogP contribution >= 0.6 is 0 Å². The number of carbonyl (C=O) groups is 2. The smallest absolute Gasteiger partial charge is 0.244 e. The SMILES string of the molecule is O=Cc1cn(CC(=O)N2CCc3ccccc3C2)nn1. The number of benzene rings is 1. The minimum atomic E-state index is -0.0122. The van der Waals surface area contributed by atoms with Gasteiger partial charge in [-0.2, -0.15) is 0 Å². The molecule has 0 atom stereocenters. The van der Waals surface area contributed by atoms with Crippen molar-refractivity contribution in [2.75, 3.05) is 6.54 Å². The summed E-state index contributed by atoms with van der Waals surface area (Å²) in [4.78, 5) is 24.6. The monoisotopic (exact) mass is 270 g/mol. The lowest BCUT2D eigenvalue weighted by molar-refractivity contribution is -0.133. The molecule has 1 aromatic carbocycles. The van der Waals surface area contributed by atoms with Crippen molar-refractivity contribution >= 4 is 12.2 Å². The number of hydrogen-bond acceptors (Lipinski definition) is 4. The van der Waals surface area contributed by atoms with Gasteiger partial charge in [0.15, 0.2) is 6.29 Å². The van der Waals surface area contributed by atoms with Crippen LogP contribution in [-0.2, 0) is 24.3 Å². The topological polar surface area (TPSA) is 68.1 Å². The second-order valence-electron chi connectivity index (χ2n) is 4.79. The Hall–Kier alpha value is -2.50. The third-order valence-electron chi connectivity index (χ3n) is 3.46. The maximum absolute atomic E-state index is 12.2. The number of aromatic nitrogens is 3. The maximum atomic E-state index is 12.2. The Bertz CT molecular complexity index is 650. The highest BCUT2D eigenvalue weighted by atomic mass is 16.2. The fourth-order valence-electron chi connectivity index (χ4n) is 2.39. The van der Waals surface area contributed by atoms with Crippen LogP contribution in [0.3, 0.4) is 0 Å². The Morgan fingerprint density at radius 2 is 2.10 bits per heavy atom. The number of nitrogens with zero attached hydrogens (tertiary/aromatic N) is 4. The molecule has 3 rings (SSSR count). The van der Waals surface area contributed by atoms with Gasteiger partial charge in [0.25, 0.3) is 0 Å². The van der Waals surface area contributed by atoms with Gasteiger partial charge < -0.3 is 4.90 Å². The van der Waals surface area contributed by atoms with E-state index in [1.165, 1.54) is 22.0 Å². The molecule has 6 heteroatoms. The fraction of sp³-hybridized carbons (Fsp3) is 0.286. The van der Waals surface area contributed by atoms with Crippen LogP contribution < -0.4 is 0 Å². The Balaban J connectivity index is 1.68. The average molecular weight is 270 g/mol. The van der Waals surface area contributed by atoms with E-state index >= 15 is 0 Å². The maximum Gasteiger partial charge on any atom is 0.244 e. The molecule has 1 amide bonds. The summed E-state index contributed by atoms with van der Waals surface area (Å²) in [5.74, 6) is -0.0122. The highest BCUT2D eigenvalue weighted by Gasteiger charge is 2.20. The fourth-order valence-corrected chi connectivity index (χ4v) is 2.39. The van der Waals surface area contributed by atoms with E-state index in [1.54, 1.807) is 0 Å². The van der Waals surface area contributed by atoms with Crippen molar-refractivity contribution in [3.8, 4) is 0 Å². The molecule has 20 heavy (non-hydrogen) atoms. The molecule has 0 fully saturated rings. The molecule has 1 aliphatic rings. The first-order valence-electron chi connectivity index (χ1n) is 6.46. The number of fused-ring (bicyclic) bond motifs is 1. The Morgan fingerprint density at radius 3 is 2.85 bits per heavy atom. The quantitative estimate of drug-likeness (QED) is 0.769. The first-order chi connectivity index (χ1) is 9.76. The summed E-state index contributed by atoms with van der Waals surface area (Å²) in [6, 6.07) is 8.16. The van der Waals surface area contributed by atoms with Crippen molar-refractivity contribution in [1.82, 2.24) is 19.9 Å². The van der Waals surface area contributed by atoms with Gasteiger partial charge >= 0.3 is 0 Å². The van der Waals surface area contributed by atoms with Crippen molar-refractivity contribution in [1.29, 1.82) is 0 Å². The molecule has 0 unspecified atom stereocenters. The predicted octanol–water partition coefficient (Wildman–Crippen LogP) is 0.675. The largest absolute Gasteiger partial charge is 0.336 e. The van der Waals surface area contributed by atoms with Gasteiger partial charge in [-0.3, -0.25) is 9.59 Å². The Labute approximate surface area is 116 Å². The zero-order chi connectivity index (χ0) is 13.9. The second-order valence-corrected chi connectivity index (χ2v) is 4.79. The van der Waals surface area contributed by atoms with Gasteiger partial charge in [0.05, 0.1) is 6.20 Å². The Morgan fingerprint density at radius 1 is 1.30 bits per heavy atom. The van der Waals surface area contributed by atoms with Gasteiger partial charge in [-0.05, 0) is 17.5 Å². The third-order valence-corrected chi connectivity index (χ3v) is 3.46. The highest BCUT2D eigenvalue weighted by molar-refractivity contribution is 5.76. The van der Waals surface area contributed by atoms with Crippen LogP contribution in [0, 0.1) is 0 Å². The van der Waals surface area contributed by atoms with Gasteiger partial charge in [0.1, 0.15) is 12.2 Å². The summed E-state index contributed by atoms with van der Waals surface area (Å²) < 4.78 is 1.40. The zero-order valence-corrected chi connectivity index (χ0v) is 10.9. The lowest BCUT2D eigenvalue weighted by Gasteiger charge is -2.28. The van der Waals surface area contributed by atoms with E-state index in [2.05, 4.69) is 22.4 Å². The van der Waals surface area contributed by atoms with Gasteiger partial charge in [-0.1, -0.05) is 29.5 Å². The van der Waals surface area contributed by atoms with E-state index in [1.807, 2.05) is 17.0 Å². The molecule has 1 aliphatic heterocycles. The van der Waals surface area contributed by atoms with Gasteiger partial charge in [-0.15, -0.1) is 5.10 Å². The van der Waals surface area contributed by atoms with E-state index in [9.17, 15) is 9.59 Å². The lowest BCUT2D eigenvalue weighted by atomic mass is 10.00. The molecular formula is C14H14N4O2. The summed E-state index contributed by atoms with van der Waals surface area (Å²) in [5, 5.41) is 7.40. The Kier molecular flexibility index (Phi) is 3.28. The summed E-state index contributed by atoms with van der Waals surface area (Å²) in [6.07, 6.45) is 2.97. The standard InChI is InChI=1S/C14H14N4O2/c19-10-13-8-18(16-15-13)9-14(20)17-6-5-11-3-1-2-4-12(11)7-17/h1-4,8,10H,5-7,9H2. The zero-order valence-electron chi connectivity index (χ0n) is 10.9. The molecule has 6 nitrogen and oxygen atoms in total. The van der Waals surface area contributed by atoms with Crippen molar-refractivity contribution in [3.63, 3.8) is 0 Å². The van der Waals surface area contributed by atoms with E-state index < -0.39 is 0 Å². The molecule has 2 heterocycles. The van der Waals surface area contributed by atoms with Gasteiger partial charge in [0, 0.05) is 13.1 Å². The predicted molar refractivity (Wildman–Crippen MR) is 71.0 cm³/mol. The number of hydrogen-bond donors (Lipinski definition) is 0. The van der Waals surface area contributed by atoms with Crippen LogP contribution in [0.1, 0.15) is 21.6 Å². The lowest BCUT2D eigenvalue weighted by Crippen LogP contribution is -2.38. The minimum Gasteiger partial charge on any atom is -0.336 e. The van der Waals surface area contributed by atoms with Crippen LogP contribution in [0.15, 0.2) is 30.5 Å². The summed E-state index contributed by atoms with van der Waals surface area (Å²) in [5.41, 5.74) is 2.74.